The molecule has 246 valence electrons. The SMILES string of the molecule is CCOC(=O)[C@@H](NC(=O)[C@@](C)(CCCNC(=O)C[C@@](C)(NC(C)=O)C(=O)N[C@H](C(=O)OCC)C(C)C)NC(C)=O)C(C)C. The Bertz CT molecular complexity index is 1020. The Labute approximate surface area is 254 Å². The molecule has 0 aliphatic heterocycles. The number of carbonyl (C=O) groups is 7. The molecule has 14 nitrogen and oxygen atoms in total. The van der Waals surface area contributed by atoms with Crippen LogP contribution in [0.2, 0.25) is 0 Å². The second-order valence-electron chi connectivity index (χ2n) is 11.6. The van der Waals surface area contributed by atoms with E-state index in [4.69, 9.17) is 9.47 Å². The third-order valence-corrected chi connectivity index (χ3v) is 6.58. The van der Waals surface area contributed by atoms with Gasteiger partial charge in [0.05, 0.1) is 19.6 Å². The lowest BCUT2D eigenvalue weighted by molar-refractivity contribution is -0.150. The molecule has 0 aliphatic carbocycles. The van der Waals surface area contributed by atoms with Gasteiger partial charge in [0.15, 0.2) is 0 Å². The van der Waals surface area contributed by atoms with Crippen molar-refractivity contribution in [2.45, 2.75) is 112 Å². The maximum atomic E-state index is 13.2. The van der Waals surface area contributed by atoms with E-state index in [1.54, 1.807) is 41.5 Å². The molecule has 43 heavy (non-hydrogen) atoms. The third kappa shape index (κ3) is 13.4. The summed E-state index contributed by atoms with van der Waals surface area (Å²) in [6.45, 7) is 15.9. The average molecular weight is 614 g/mol. The van der Waals surface area contributed by atoms with Crippen LogP contribution in [0.5, 0.6) is 0 Å². The molecule has 0 aromatic heterocycles. The molecule has 0 fully saturated rings. The minimum absolute atomic E-state index is 0.0714. The molecule has 0 rings (SSSR count). The molecule has 5 N–H and O–H groups in total. The summed E-state index contributed by atoms with van der Waals surface area (Å²) in [5.74, 6) is -4.71. The summed E-state index contributed by atoms with van der Waals surface area (Å²) >= 11 is 0. The molecule has 0 aromatic rings. The van der Waals surface area contributed by atoms with Gasteiger partial charge in [-0.3, -0.25) is 24.0 Å². The Hall–Kier alpha value is -3.71. The lowest BCUT2D eigenvalue weighted by Gasteiger charge is -2.32. The fourth-order valence-electron chi connectivity index (χ4n) is 4.31. The molecule has 0 saturated heterocycles. The van der Waals surface area contributed by atoms with E-state index in [0.29, 0.717) is 0 Å². The van der Waals surface area contributed by atoms with Gasteiger partial charge in [-0.1, -0.05) is 27.7 Å². The highest BCUT2D eigenvalue weighted by Gasteiger charge is 2.40. The summed E-state index contributed by atoms with van der Waals surface area (Å²) in [6.07, 6.45) is -0.0977. The number of esters is 2. The molecule has 0 radical (unpaired) electrons. The zero-order valence-corrected chi connectivity index (χ0v) is 27.2. The van der Waals surface area contributed by atoms with Crippen LogP contribution in [-0.4, -0.2) is 84.4 Å². The summed E-state index contributed by atoms with van der Waals surface area (Å²) in [4.78, 5) is 87.7. The van der Waals surface area contributed by atoms with Crippen LogP contribution >= 0.6 is 0 Å². The van der Waals surface area contributed by atoms with Gasteiger partial charge in [-0.15, -0.1) is 0 Å². The summed E-state index contributed by atoms with van der Waals surface area (Å²) < 4.78 is 10.1. The van der Waals surface area contributed by atoms with E-state index < -0.39 is 71.1 Å². The number of ether oxygens (including phenoxy) is 2. The lowest BCUT2D eigenvalue weighted by atomic mass is 9.92. The lowest BCUT2D eigenvalue weighted by Crippen LogP contribution is -2.61. The summed E-state index contributed by atoms with van der Waals surface area (Å²) in [7, 11) is 0. The molecular weight excluding hydrogens is 562 g/mol. The van der Waals surface area contributed by atoms with Gasteiger partial charge in [-0.2, -0.15) is 0 Å². The van der Waals surface area contributed by atoms with Crippen LogP contribution in [0, 0.1) is 11.8 Å². The van der Waals surface area contributed by atoms with Crippen molar-refractivity contribution in [2.24, 2.45) is 11.8 Å². The van der Waals surface area contributed by atoms with Crippen molar-refractivity contribution in [1.82, 2.24) is 26.6 Å². The fourth-order valence-corrected chi connectivity index (χ4v) is 4.31. The molecule has 0 aliphatic rings. The Balaban J connectivity index is 5.51. The van der Waals surface area contributed by atoms with E-state index in [1.807, 2.05) is 0 Å². The molecule has 0 spiro atoms. The van der Waals surface area contributed by atoms with Crippen LogP contribution in [0.3, 0.4) is 0 Å². The van der Waals surface area contributed by atoms with Crippen LogP contribution in [0.15, 0.2) is 0 Å². The molecule has 0 heterocycles. The van der Waals surface area contributed by atoms with E-state index in [-0.39, 0.29) is 44.4 Å². The van der Waals surface area contributed by atoms with Crippen molar-refractivity contribution in [3.8, 4) is 0 Å². The zero-order valence-electron chi connectivity index (χ0n) is 27.2. The van der Waals surface area contributed by atoms with Gasteiger partial charge >= 0.3 is 11.9 Å². The second-order valence-corrected chi connectivity index (χ2v) is 11.6. The number of hydrogen-bond acceptors (Lipinski definition) is 9. The van der Waals surface area contributed by atoms with Gasteiger partial charge in [0.2, 0.25) is 29.5 Å². The van der Waals surface area contributed by atoms with Crippen molar-refractivity contribution in [3.63, 3.8) is 0 Å². The average Bonchev–Trinajstić information content (AvgIpc) is 2.86. The van der Waals surface area contributed by atoms with Crippen molar-refractivity contribution >= 4 is 41.5 Å². The van der Waals surface area contributed by atoms with Crippen molar-refractivity contribution in [2.75, 3.05) is 19.8 Å². The molecule has 0 unspecified atom stereocenters. The van der Waals surface area contributed by atoms with Crippen molar-refractivity contribution in [3.05, 3.63) is 0 Å². The monoisotopic (exact) mass is 613 g/mol. The minimum atomic E-state index is -1.68. The summed E-state index contributed by atoms with van der Waals surface area (Å²) in [6, 6.07) is -1.91. The molecule has 14 heteroatoms. The highest BCUT2D eigenvalue weighted by molar-refractivity contribution is 5.97. The topological polar surface area (TPSA) is 198 Å². The first-order valence-electron chi connectivity index (χ1n) is 14.6. The number of hydrogen-bond donors (Lipinski definition) is 5. The minimum Gasteiger partial charge on any atom is -0.464 e. The standard InChI is InChI=1S/C29H51N5O9/c1-11-42-24(38)22(17(3)4)31-26(40)28(9,33-19(7)35)14-13-15-30-21(37)16-29(10,34-20(8)36)27(41)32-23(18(5)6)25(39)43-12-2/h17-18,22-23H,11-16H2,1-10H3,(H,30,37)(H,31,40)(H,32,41)(H,33,35)(H,34,36)/t22-,23-,28+,29+/m0/s1. The molecule has 0 saturated carbocycles. The first-order valence-corrected chi connectivity index (χ1v) is 14.6. The summed E-state index contributed by atoms with van der Waals surface area (Å²) in [5.41, 5.74) is -3.08. The second kappa shape index (κ2) is 18.1. The van der Waals surface area contributed by atoms with Gasteiger partial charge in [-0.25, -0.2) is 9.59 Å². The first kappa shape index (κ1) is 39.3. The smallest absolute Gasteiger partial charge is 0.328 e. The van der Waals surface area contributed by atoms with Gasteiger partial charge < -0.3 is 36.1 Å². The van der Waals surface area contributed by atoms with E-state index >= 15 is 0 Å². The number of rotatable bonds is 18. The Morgan fingerprint density at radius 2 is 1.07 bits per heavy atom. The van der Waals surface area contributed by atoms with E-state index in [9.17, 15) is 33.6 Å². The maximum absolute atomic E-state index is 13.2. The van der Waals surface area contributed by atoms with Crippen LogP contribution in [0.25, 0.3) is 0 Å². The first-order chi connectivity index (χ1) is 19.8. The van der Waals surface area contributed by atoms with Gasteiger partial charge in [-0.05, 0) is 52.4 Å². The van der Waals surface area contributed by atoms with Gasteiger partial charge in [0.1, 0.15) is 23.2 Å². The molecule has 4 atom stereocenters. The largest absolute Gasteiger partial charge is 0.464 e. The number of amides is 5. The maximum Gasteiger partial charge on any atom is 0.328 e. The predicted molar refractivity (Wildman–Crippen MR) is 158 cm³/mol. The van der Waals surface area contributed by atoms with Gasteiger partial charge in [0, 0.05) is 20.4 Å². The Kier molecular flexibility index (Phi) is 16.5. The third-order valence-electron chi connectivity index (χ3n) is 6.58. The normalized spacial score (nSPS) is 15.2. The van der Waals surface area contributed by atoms with Crippen LogP contribution in [0.4, 0.5) is 0 Å². The Morgan fingerprint density at radius 3 is 1.44 bits per heavy atom. The van der Waals surface area contributed by atoms with Crippen molar-refractivity contribution < 1.29 is 43.0 Å². The number of nitrogens with one attached hydrogen (secondary N) is 5. The van der Waals surface area contributed by atoms with E-state index in [0.717, 1.165) is 0 Å². The zero-order chi connectivity index (χ0) is 33.5. The highest BCUT2D eigenvalue weighted by Crippen LogP contribution is 2.16. The van der Waals surface area contributed by atoms with Crippen LogP contribution in [0.1, 0.15) is 88.5 Å². The molecular formula is C29H51N5O9. The van der Waals surface area contributed by atoms with E-state index in [2.05, 4.69) is 26.6 Å². The predicted octanol–water partition coefficient (Wildman–Crippen LogP) is 0.470. The van der Waals surface area contributed by atoms with E-state index in [1.165, 1.54) is 27.7 Å². The van der Waals surface area contributed by atoms with Crippen LogP contribution in [-0.2, 0) is 43.0 Å². The van der Waals surface area contributed by atoms with Gasteiger partial charge in [0.25, 0.3) is 0 Å². The molecule has 5 amide bonds. The number of carbonyl (C=O) groups excluding carboxylic acids is 7. The fraction of sp³-hybridized carbons (Fsp3) is 0.759. The molecule has 0 bridgehead atoms. The van der Waals surface area contributed by atoms with Crippen LogP contribution < -0.4 is 26.6 Å². The summed E-state index contributed by atoms with van der Waals surface area (Å²) in [5, 5.41) is 13.0. The quantitative estimate of drug-likeness (QED) is 0.108. The van der Waals surface area contributed by atoms with Crippen molar-refractivity contribution in [1.29, 1.82) is 0 Å². The highest BCUT2D eigenvalue weighted by atomic mass is 16.5. The molecule has 0 aromatic carbocycles. The Morgan fingerprint density at radius 1 is 0.674 bits per heavy atom.